The minimum Gasteiger partial charge on any atom is -0.349 e. The average molecular weight is 259 g/mol. The van der Waals surface area contributed by atoms with Crippen molar-refractivity contribution in [1.29, 1.82) is 0 Å². The molecule has 2 aliphatic rings. The van der Waals surface area contributed by atoms with Gasteiger partial charge in [-0.25, -0.2) is 0 Å². The van der Waals surface area contributed by atoms with Crippen LogP contribution in [-0.4, -0.2) is 16.9 Å². The molecular weight excluding hydrogens is 238 g/mol. The minimum absolute atomic E-state index is 0.00692. The lowest BCUT2D eigenvalue weighted by Crippen LogP contribution is -2.45. The number of pyridine rings is 1. The van der Waals surface area contributed by atoms with Crippen LogP contribution in [0.25, 0.3) is 0 Å². The van der Waals surface area contributed by atoms with E-state index in [9.17, 15) is 4.79 Å². The van der Waals surface area contributed by atoms with Crippen molar-refractivity contribution in [3.8, 4) is 0 Å². The normalized spacial score (nSPS) is 34.2. The number of hydrogen-bond acceptors (Lipinski definition) is 3. The van der Waals surface area contributed by atoms with Crippen LogP contribution in [0, 0.1) is 17.8 Å². The summed E-state index contributed by atoms with van der Waals surface area (Å²) >= 11 is 0. The van der Waals surface area contributed by atoms with Gasteiger partial charge in [-0.15, -0.1) is 0 Å². The summed E-state index contributed by atoms with van der Waals surface area (Å²) in [6.07, 6.45) is 7.04. The van der Waals surface area contributed by atoms with Gasteiger partial charge in [0.25, 0.3) is 0 Å². The highest BCUT2D eigenvalue weighted by Crippen LogP contribution is 2.47. The molecule has 1 amide bonds. The number of amides is 1. The highest BCUT2D eigenvalue weighted by molar-refractivity contribution is 5.80. The van der Waals surface area contributed by atoms with Crippen molar-refractivity contribution in [2.75, 3.05) is 0 Å². The van der Waals surface area contributed by atoms with Crippen LogP contribution in [0.2, 0.25) is 0 Å². The summed E-state index contributed by atoms with van der Waals surface area (Å²) in [5.41, 5.74) is 7.24. The molecule has 19 heavy (non-hydrogen) atoms. The molecule has 0 aromatic carbocycles. The fourth-order valence-corrected chi connectivity index (χ4v) is 3.75. The van der Waals surface area contributed by atoms with Gasteiger partial charge in [0.1, 0.15) is 0 Å². The van der Waals surface area contributed by atoms with Gasteiger partial charge in [0, 0.05) is 18.4 Å². The summed E-state index contributed by atoms with van der Waals surface area (Å²) < 4.78 is 0. The lowest BCUT2D eigenvalue weighted by Gasteiger charge is -2.28. The van der Waals surface area contributed by atoms with Crippen molar-refractivity contribution in [2.45, 2.75) is 38.3 Å². The van der Waals surface area contributed by atoms with Gasteiger partial charge in [-0.3, -0.25) is 9.78 Å². The number of hydrogen-bond donors (Lipinski definition) is 2. The van der Waals surface area contributed by atoms with Crippen LogP contribution in [0.5, 0.6) is 0 Å². The number of fused-ring (bicyclic) bond motifs is 2. The SMILES string of the molecule is C[C@@H](NC(=O)C1C2CCC(C2)C1N)c1cccnc1. The zero-order valence-corrected chi connectivity index (χ0v) is 11.3. The van der Waals surface area contributed by atoms with Crippen LogP contribution >= 0.6 is 0 Å². The number of nitrogens with zero attached hydrogens (tertiary/aromatic N) is 1. The number of rotatable bonds is 3. The van der Waals surface area contributed by atoms with Crippen LogP contribution < -0.4 is 11.1 Å². The largest absolute Gasteiger partial charge is 0.349 e. The highest BCUT2D eigenvalue weighted by atomic mass is 16.2. The van der Waals surface area contributed by atoms with Gasteiger partial charge in [-0.05, 0) is 49.7 Å². The summed E-state index contributed by atoms with van der Waals surface area (Å²) in [6.45, 7) is 1.99. The number of carbonyl (C=O) groups is 1. The number of nitrogens with two attached hydrogens (primary N) is 1. The minimum atomic E-state index is -0.00692. The molecule has 2 saturated carbocycles. The van der Waals surface area contributed by atoms with Gasteiger partial charge in [-0.1, -0.05) is 6.07 Å². The van der Waals surface area contributed by atoms with Gasteiger partial charge >= 0.3 is 0 Å². The lowest BCUT2D eigenvalue weighted by atomic mass is 9.84. The van der Waals surface area contributed by atoms with E-state index in [-0.39, 0.29) is 23.9 Å². The Morgan fingerprint density at radius 2 is 2.26 bits per heavy atom. The summed E-state index contributed by atoms with van der Waals surface area (Å²) in [5.74, 6) is 1.20. The van der Waals surface area contributed by atoms with Crippen LogP contribution in [0.3, 0.4) is 0 Å². The fourth-order valence-electron chi connectivity index (χ4n) is 3.75. The molecule has 102 valence electrons. The van der Waals surface area contributed by atoms with Gasteiger partial charge in [0.15, 0.2) is 0 Å². The number of aromatic nitrogens is 1. The molecule has 0 saturated heterocycles. The summed E-state index contributed by atoms with van der Waals surface area (Å²) in [4.78, 5) is 16.5. The molecule has 0 aliphatic heterocycles. The van der Waals surface area contributed by atoms with Crippen LogP contribution in [-0.2, 0) is 4.79 Å². The van der Waals surface area contributed by atoms with Crippen molar-refractivity contribution < 1.29 is 4.79 Å². The van der Waals surface area contributed by atoms with E-state index in [0.717, 1.165) is 18.4 Å². The standard InChI is InChI=1S/C15H21N3O/c1-9(12-3-2-6-17-8-12)18-15(19)13-10-4-5-11(7-10)14(13)16/h2-3,6,8-11,13-14H,4-5,7,16H2,1H3,(H,18,19)/t9-,10?,11?,13?,14?/m1/s1. The Morgan fingerprint density at radius 1 is 1.47 bits per heavy atom. The first-order valence-electron chi connectivity index (χ1n) is 7.12. The van der Waals surface area contributed by atoms with E-state index >= 15 is 0 Å². The molecule has 4 unspecified atom stereocenters. The Hall–Kier alpha value is -1.42. The molecule has 0 spiro atoms. The van der Waals surface area contributed by atoms with Crippen molar-refractivity contribution >= 4 is 5.91 Å². The molecule has 3 N–H and O–H groups in total. The van der Waals surface area contributed by atoms with Crippen LogP contribution in [0.1, 0.15) is 37.8 Å². The van der Waals surface area contributed by atoms with Gasteiger partial charge in [0.2, 0.25) is 5.91 Å². The third-order valence-electron chi connectivity index (χ3n) is 4.83. The quantitative estimate of drug-likeness (QED) is 0.867. The smallest absolute Gasteiger partial charge is 0.225 e. The van der Waals surface area contributed by atoms with E-state index in [0.29, 0.717) is 11.8 Å². The molecule has 2 fully saturated rings. The number of carbonyl (C=O) groups excluding carboxylic acids is 1. The second-order valence-electron chi connectivity index (χ2n) is 5.95. The molecule has 1 aromatic rings. The third kappa shape index (κ3) is 2.25. The van der Waals surface area contributed by atoms with Crippen molar-refractivity contribution in [3.63, 3.8) is 0 Å². The van der Waals surface area contributed by atoms with E-state index in [2.05, 4.69) is 10.3 Å². The Morgan fingerprint density at radius 3 is 2.89 bits per heavy atom. The van der Waals surface area contributed by atoms with Gasteiger partial charge in [-0.2, -0.15) is 0 Å². The zero-order valence-electron chi connectivity index (χ0n) is 11.3. The van der Waals surface area contributed by atoms with Crippen molar-refractivity contribution in [1.82, 2.24) is 10.3 Å². The van der Waals surface area contributed by atoms with Gasteiger partial charge < -0.3 is 11.1 Å². The molecule has 1 aromatic heterocycles. The van der Waals surface area contributed by atoms with E-state index in [1.807, 2.05) is 19.1 Å². The predicted octanol–water partition coefficient (Wildman–Crippen LogP) is 1.63. The Kier molecular flexibility index (Phi) is 3.27. The van der Waals surface area contributed by atoms with E-state index < -0.39 is 0 Å². The van der Waals surface area contributed by atoms with Crippen LogP contribution in [0.15, 0.2) is 24.5 Å². The second-order valence-corrected chi connectivity index (χ2v) is 5.95. The molecule has 1 heterocycles. The van der Waals surface area contributed by atoms with Crippen LogP contribution in [0.4, 0.5) is 0 Å². The summed E-state index contributed by atoms with van der Waals surface area (Å²) in [5, 5.41) is 3.09. The van der Waals surface area contributed by atoms with E-state index in [1.54, 1.807) is 12.4 Å². The van der Waals surface area contributed by atoms with E-state index in [4.69, 9.17) is 5.73 Å². The first kappa shape index (κ1) is 12.6. The topological polar surface area (TPSA) is 68.0 Å². The molecule has 2 bridgehead atoms. The Balaban J connectivity index is 1.66. The number of nitrogens with one attached hydrogen (secondary N) is 1. The molecule has 3 rings (SSSR count). The molecule has 4 nitrogen and oxygen atoms in total. The Labute approximate surface area is 113 Å². The lowest BCUT2D eigenvalue weighted by molar-refractivity contribution is -0.127. The van der Waals surface area contributed by atoms with Crippen molar-refractivity contribution in [3.05, 3.63) is 30.1 Å². The maximum atomic E-state index is 12.4. The summed E-state index contributed by atoms with van der Waals surface area (Å²) in [7, 11) is 0. The zero-order chi connectivity index (χ0) is 13.4. The highest BCUT2D eigenvalue weighted by Gasteiger charge is 2.49. The molecule has 4 heteroatoms. The monoisotopic (exact) mass is 259 g/mol. The third-order valence-corrected chi connectivity index (χ3v) is 4.83. The van der Waals surface area contributed by atoms with Crippen molar-refractivity contribution in [2.24, 2.45) is 23.5 Å². The fraction of sp³-hybridized carbons (Fsp3) is 0.600. The first-order valence-corrected chi connectivity index (χ1v) is 7.12. The summed E-state index contributed by atoms with van der Waals surface area (Å²) in [6, 6.07) is 3.92. The Bertz CT molecular complexity index is 460. The average Bonchev–Trinajstić information content (AvgIpc) is 3.00. The first-order chi connectivity index (χ1) is 9.16. The molecule has 5 atom stereocenters. The second kappa shape index (κ2) is 4.93. The van der Waals surface area contributed by atoms with E-state index in [1.165, 1.54) is 6.42 Å². The molecule has 0 radical (unpaired) electrons. The molecule has 2 aliphatic carbocycles. The maximum Gasteiger partial charge on any atom is 0.225 e. The van der Waals surface area contributed by atoms with Gasteiger partial charge in [0.05, 0.1) is 12.0 Å². The maximum absolute atomic E-state index is 12.4. The molecular formula is C15H21N3O. The predicted molar refractivity (Wildman–Crippen MR) is 73.1 cm³/mol.